The molecule has 0 aliphatic carbocycles. The number of aliphatic hydroxyl groups is 1. The van der Waals surface area contributed by atoms with Gasteiger partial charge in [0.25, 0.3) is 0 Å². The van der Waals surface area contributed by atoms with Crippen LogP contribution in [0.25, 0.3) is 0 Å². The van der Waals surface area contributed by atoms with E-state index in [0.29, 0.717) is 24.2 Å². The predicted molar refractivity (Wildman–Crippen MR) is 60.8 cm³/mol. The zero-order chi connectivity index (χ0) is 11.8. The van der Waals surface area contributed by atoms with Gasteiger partial charge in [0, 0.05) is 13.5 Å². The van der Waals surface area contributed by atoms with E-state index in [1.165, 1.54) is 0 Å². The monoisotopic (exact) mass is 227 g/mol. The van der Waals surface area contributed by atoms with E-state index in [9.17, 15) is 0 Å². The van der Waals surface area contributed by atoms with E-state index < -0.39 is 0 Å². The Morgan fingerprint density at radius 1 is 1.44 bits per heavy atom. The van der Waals surface area contributed by atoms with Crippen molar-refractivity contribution in [2.45, 2.75) is 39.7 Å². The van der Waals surface area contributed by atoms with Gasteiger partial charge in [0.1, 0.15) is 0 Å². The number of hydrogen-bond donors (Lipinski definition) is 2. The van der Waals surface area contributed by atoms with Gasteiger partial charge in [0.2, 0.25) is 5.89 Å². The fourth-order valence-electron chi connectivity index (χ4n) is 1.74. The Bertz CT molecular complexity index is 283. The van der Waals surface area contributed by atoms with Gasteiger partial charge in [-0.05, 0) is 25.3 Å². The van der Waals surface area contributed by atoms with Crippen LogP contribution >= 0.6 is 0 Å². The lowest BCUT2D eigenvalue weighted by molar-refractivity contribution is 0.247. The zero-order valence-corrected chi connectivity index (χ0v) is 10.1. The highest BCUT2D eigenvalue weighted by Gasteiger charge is 2.07. The van der Waals surface area contributed by atoms with Crippen LogP contribution in [0.1, 0.15) is 37.9 Å². The van der Waals surface area contributed by atoms with Crippen LogP contribution in [0.3, 0.4) is 0 Å². The number of hydrogen-bond acceptors (Lipinski definition) is 5. The Hall–Kier alpha value is -0.940. The summed E-state index contributed by atoms with van der Waals surface area (Å²) in [5, 5.41) is 16.0. The van der Waals surface area contributed by atoms with Gasteiger partial charge >= 0.3 is 0 Å². The Balaban J connectivity index is 2.21. The van der Waals surface area contributed by atoms with Gasteiger partial charge in [0.15, 0.2) is 5.82 Å². The molecule has 1 rings (SSSR count). The Morgan fingerprint density at radius 2 is 2.25 bits per heavy atom. The van der Waals surface area contributed by atoms with Crippen molar-refractivity contribution in [1.82, 2.24) is 15.5 Å². The lowest BCUT2D eigenvalue weighted by Crippen LogP contribution is -2.23. The molecule has 1 atom stereocenters. The highest BCUT2D eigenvalue weighted by molar-refractivity contribution is 4.83. The van der Waals surface area contributed by atoms with Gasteiger partial charge in [-0.25, -0.2) is 0 Å². The van der Waals surface area contributed by atoms with Crippen molar-refractivity contribution in [3.05, 3.63) is 11.7 Å². The van der Waals surface area contributed by atoms with E-state index in [4.69, 9.17) is 9.63 Å². The fourth-order valence-corrected chi connectivity index (χ4v) is 1.74. The molecule has 1 heterocycles. The largest absolute Gasteiger partial charge is 0.396 e. The quantitative estimate of drug-likeness (QED) is 0.699. The molecular weight excluding hydrogens is 206 g/mol. The van der Waals surface area contributed by atoms with Crippen LogP contribution in [-0.2, 0) is 6.54 Å². The summed E-state index contributed by atoms with van der Waals surface area (Å²) in [4.78, 5) is 4.11. The first-order valence-electron chi connectivity index (χ1n) is 5.87. The minimum atomic E-state index is 0.258. The molecule has 0 radical (unpaired) electrons. The molecule has 0 bridgehead atoms. The second kappa shape index (κ2) is 7.35. The molecule has 1 unspecified atom stereocenters. The summed E-state index contributed by atoms with van der Waals surface area (Å²) < 4.78 is 4.88. The van der Waals surface area contributed by atoms with Crippen LogP contribution in [0.2, 0.25) is 0 Å². The SMILES string of the molecule is CCCC(CCO)CNCc1noc(C)n1. The van der Waals surface area contributed by atoms with E-state index in [2.05, 4.69) is 22.4 Å². The fraction of sp³-hybridized carbons (Fsp3) is 0.818. The van der Waals surface area contributed by atoms with Crippen molar-refractivity contribution < 1.29 is 9.63 Å². The summed E-state index contributed by atoms with van der Waals surface area (Å²) in [6.07, 6.45) is 3.14. The second-order valence-electron chi connectivity index (χ2n) is 4.03. The second-order valence-corrected chi connectivity index (χ2v) is 4.03. The Kier molecular flexibility index (Phi) is 6.03. The Labute approximate surface area is 96.2 Å². The molecule has 0 aliphatic heterocycles. The average molecular weight is 227 g/mol. The lowest BCUT2D eigenvalue weighted by Gasteiger charge is -2.14. The summed E-state index contributed by atoms with van der Waals surface area (Å²) in [5.74, 6) is 1.82. The van der Waals surface area contributed by atoms with E-state index in [1.54, 1.807) is 6.92 Å². The molecule has 2 N–H and O–H groups in total. The van der Waals surface area contributed by atoms with Gasteiger partial charge in [-0.3, -0.25) is 0 Å². The Morgan fingerprint density at radius 3 is 2.81 bits per heavy atom. The van der Waals surface area contributed by atoms with Crippen LogP contribution in [0.5, 0.6) is 0 Å². The van der Waals surface area contributed by atoms with Gasteiger partial charge in [-0.1, -0.05) is 18.5 Å². The number of aromatic nitrogens is 2. The molecule has 5 heteroatoms. The standard InChI is InChI=1S/C11H21N3O2/c1-3-4-10(5-6-15)7-12-8-11-13-9(2)16-14-11/h10,12,15H,3-8H2,1-2H3. The minimum absolute atomic E-state index is 0.258. The first-order chi connectivity index (χ1) is 7.76. The molecule has 0 spiro atoms. The zero-order valence-electron chi connectivity index (χ0n) is 10.1. The number of aryl methyl sites for hydroxylation is 1. The van der Waals surface area contributed by atoms with Crippen LogP contribution in [0, 0.1) is 12.8 Å². The molecule has 0 amide bonds. The molecular formula is C11H21N3O2. The average Bonchev–Trinajstić information content (AvgIpc) is 2.65. The number of nitrogens with zero attached hydrogens (tertiary/aromatic N) is 2. The number of aliphatic hydroxyl groups excluding tert-OH is 1. The maximum absolute atomic E-state index is 8.92. The highest BCUT2D eigenvalue weighted by atomic mass is 16.5. The third-order valence-electron chi connectivity index (χ3n) is 2.52. The molecule has 92 valence electrons. The van der Waals surface area contributed by atoms with Crippen LogP contribution in [0.4, 0.5) is 0 Å². The summed E-state index contributed by atoms with van der Waals surface area (Å²) in [5.41, 5.74) is 0. The number of rotatable bonds is 8. The van der Waals surface area contributed by atoms with Crippen molar-refractivity contribution >= 4 is 0 Å². The first kappa shape index (κ1) is 13.1. The van der Waals surface area contributed by atoms with E-state index >= 15 is 0 Å². The molecule has 0 aliphatic rings. The third-order valence-corrected chi connectivity index (χ3v) is 2.52. The highest BCUT2D eigenvalue weighted by Crippen LogP contribution is 2.09. The maximum atomic E-state index is 8.92. The molecule has 16 heavy (non-hydrogen) atoms. The molecule has 0 saturated heterocycles. The van der Waals surface area contributed by atoms with Crippen LogP contribution in [-0.4, -0.2) is 28.4 Å². The molecule has 0 saturated carbocycles. The third kappa shape index (κ3) is 4.72. The summed E-state index contributed by atoms with van der Waals surface area (Å²) >= 11 is 0. The normalized spacial score (nSPS) is 12.9. The van der Waals surface area contributed by atoms with Crippen molar-refractivity contribution in [2.24, 2.45) is 5.92 Å². The first-order valence-corrected chi connectivity index (χ1v) is 5.87. The van der Waals surface area contributed by atoms with E-state index in [1.807, 2.05) is 0 Å². The lowest BCUT2D eigenvalue weighted by atomic mass is 10.0. The van der Waals surface area contributed by atoms with Crippen molar-refractivity contribution in [3.63, 3.8) is 0 Å². The van der Waals surface area contributed by atoms with Crippen molar-refractivity contribution in [1.29, 1.82) is 0 Å². The predicted octanol–water partition coefficient (Wildman–Crippen LogP) is 1.27. The molecule has 0 fully saturated rings. The molecule has 5 nitrogen and oxygen atoms in total. The van der Waals surface area contributed by atoms with Gasteiger partial charge in [-0.15, -0.1) is 0 Å². The van der Waals surface area contributed by atoms with Gasteiger partial charge < -0.3 is 14.9 Å². The van der Waals surface area contributed by atoms with Crippen LogP contribution < -0.4 is 5.32 Å². The minimum Gasteiger partial charge on any atom is -0.396 e. The van der Waals surface area contributed by atoms with Gasteiger partial charge in [-0.2, -0.15) is 4.98 Å². The summed E-state index contributed by atoms with van der Waals surface area (Å²) in [7, 11) is 0. The summed E-state index contributed by atoms with van der Waals surface area (Å²) in [6, 6.07) is 0. The molecule has 1 aromatic heterocycles. The van der Waals surface area contributed by atoms with Gasteiger partial charge in [0.05, 0.1) is 6.54 Å². The van der Waals surface area contributed by atoms with E-state index in [0.717, 1.165) is 25.8 Å². The summed E-state index contributed by atoms with van der Waals surface area (Å²) in [6.45, 7) is 5.72. The van der Waals surface area contributed by atoms with Crippen molar-refractivity contribution in [3.8, 4) is 0 Å². The molecule has 1 aromatic rings. The topological polar surface area (TPSA) is 71.2 Å². The van der Waals surface area contributed by atoms with Crippen LogP contribution in [0.15, 0.2) is 4.52 Å². The van der Waals surface area contributed by atoms with E-state index in [-0.39, 0.29) is 6.61 Å². The number of nitrogens with one attached hydrogen (secondary N) is 1. The maximum Gasteiger partial charge on any atom is 0.223 e. The van der Waals surface area contributed by atoms with Crippen molar-refractivity contribution in [2.75, 3.05) is 13.2 Å². The molecule has 0 aromatic carbocycles. The smallest absolute Gasteiger partial charge is 0.223 e.